The first-order valence-electron chi connectivity index (χ1n) is 12.8. The molecule has 40 heavy (non-hydrogen) atoms. The number of benzene rings is 2. The summed E-state index contributed by atoms with van der Waals surface area (Å²) in [5, 5.41) is 16.4. The standard InChI is InChI=1S/C29H33ClN6O4/c1-5-39-35-19(2)20-7-6-8-22(15-20)40-25-10-9-21(16-23(25)30)34-28-27-24(32-18-33-28)11-13-36(27)14-12-31-26(37)17-29(3,4)38/h6-11,13,15-16,18,35,38H,2,5,12,14,17H2,1,3-4H3,(H,31,37)(H,32,33,34). The van der Waals surface area contributed by atoms with Gasteiger partial charge < -0.3 is 25.0 Å². The van der Waals surface area contributed by atoms with Gasteiger partial charge in [0.05, 0.1) is 34.9 Å². The van der Waals surface area contributed by atoms with E-state index in [-0.39, 0.29) is 12.3 Å². The number of ether oxygens (including phenoxy) is 1. The van der Waals surface area contributed by atoms with E-state index in [2.05, 4.69) is 32.7 Å². The summed E-state index contributed by atoms with van der Waals surface area (Å²) >= 11 is 6.58. The number of amides is 1. The summed E-state index contributed by atoms with van der Waals surface area (Å²) in [5.41, 5.74) is 5.44. The Kier molecular flexibility index (Phi) is 9.26. The zero-order valence-corrected chi connectivity index (χ0v) is 23.5. The van der Waals surface area contributed by atoms with Crippen LogP contribution in [0.2, 0.25) is 5.02 Å². The zero-order valence-electron chi connectivity index (χ0n) is 22.7. The molecule has 0 spiro atoms. The van der Waals surface area contributed by atoms with Gasteiger partial charge in [0.15, 0.2) is 5.82 Å². The summed E-state index contributed by atoms with van der Waals surface area (Å²) in [7, 11) is 0. The molecule has 2 aromatic heterocycles. The van der Waals surface area contributed by atoms with Gasteiger partial charge in [0, 0.05) is 30.5 Å². The smallest absolute Gasteiger partial charge is 0.222 e. The summed E-state index contributed by atoms with van der Waals surface area (Å²) in [4.78, 5) is 26.1. The molecule has 2 aromatic carbocycles. The Hall–Kier alpha value is -4.12. The highest BCUT2D eigenvalue weighted by Gasteiger charge is 2.18. The third-order valence-electron chi connectivity index (χ3n) is 5.76. The molecule has 11 heteroatoms. The first-order chi connectivity index (χ1) is 19.1. The van der Waals surface area contributed by atoms with Gasteiger partial charge in [-0.25, -0.2) is 9.97 Å². The number of rotatable bonds is 13. The van der Waals surface area contributed by atoms with Crippen molar-refractivity contribution in [2.75, 3.05) is 18.5 Å². The quantitative estimate of drug-likeness (QED) is 0.159. The second kappa shape index (κ2) is 12.8. The third-order valence-corrected chi connectivity index (χ3v) is 6.06. The average molecular weight is 565 g/mol. The van der Waals surface area contributed by atoms with Gasteiger partial charge in [0.2, 0.25) is 5.91 Å². The largest absolute Gasteiger partial charge is 0.456 e. The maximum absolute atomic E-state index is 12.1. The van der Waals surface area contributed by atoms with Crippen LogP contribution in [0.5, 0.6) is 11.5 Å². The lowest BCUT2D eigenvalue weighted by molar-refractivity contribution is -0.124. The third kappa shape index (κ3) is 7.72. The first kappa shape index (κ1) is 28.9. The lowest BCUT2D eigenvalue weighted by Crippen LogP contribution is -2.33. The Balaban J connectivity index is 1.45. The first-order valence-corrected chi connectivity index (χ1v) is 13.2. The van der Waals surface area contributed by atoms with Crippen molar-refractivity contribution in [3.63, 3.8) is 0 Å². The number of anilines is 2. The molecule has 0 aliphatic carbocycles. The predicted molar refractivity (Wildman–Crippen MR) is 156 cm³/mol. The summed E-state index contributed by atoms with van der Waals surface area (Å²) in [6, 6.07) is 14.7. The van der Waals surface area contributed by atoms with Gasteiger partial charge in [-0.05, 0) is 57.2 Å². The minimum Gasteiger partial charge on any atom is -0.456 e. The predicted octanol–water partition coefficient (Wildman–Crippen LogP) is 5.41. The number of nitrogens with one attached hydrogen (secondary N) is 3. The number of carbonyl (C=O) groups is 1. The minimum absolute atomic E-state index is 0.0294. The second-order valence-corrected chi connectivity index (χ2v) is 10.1. The molecule has 0 saturated heterocycles. The Morgan fingerprint density at radius 3 is 2.75 bits per heavy atom. The van der Waals surface area contributed by atoms with Crippen LogP contribution in [0.3, 0.4) is 0 Å². The highest BCUT2D eigenvalue weighted by Crippen LogP contribution is 2.34. The topological polar surface area (TPSA) is 123 Å². The zero-order chi connectivity index (χ0) is 28.7. The molecular weight excluding hydrogens is 532 g/mol. The van der Waals surface area contributed by atoms with Crippen LogP contribution in [0.4, 0.5) is 11.5 Å². The summed E-state index contributed by atoms with van der Waals surface area (Å²) in [6.07, 6.45) is 3.41. The van der Waals surface area contributed by atoms with Crippen LogP contribution in [0.15, 0.2) is 67.6 Å². The van der Waals surface area contributed by atoms with E-state index in [1.54, 1.807) is 26.0 Å². The maximum atomic E-state index is 12.1. The Labute approximate surface area is 238 Å². The van der Waals surface area contributed by atoms with Gasteiger partial charge in [0.1, 0.15) is 23.3 Å². The molecule has 0 unspecified atom stereocenters. The molecule has 1 amide bonds. The number of carbonyl (C=O) groups excluding carboxylic acids is 1. The van der Waals surface area contributed by atoms with Crippen molar-refractivity contribution in [1.29, 1.82) is 0 Å². The molecular formula is C29H33ClN6O4. The Morgan fingerprint density at radius 1 is 1.18 bits per heavy atom. The van der Waals surface area contributed by atoms with Crippen molar-refractivity contribution in [3.05, 3.63) is 78.2 Å². The van der Waals surface area contributed by atoms with Crippen LogP contribution in [0.25, 0.3) is 16.7 Å². The van der Waals surface area contributed by atoms with E-state index in [4.69, 9.17) is 21.2 Å². The molecule has 4 rings (SSSR count). The van der Waals surface area contributed by atoms with Crippen LogP contribution in [-0.2, 0) is 16.2 Å². The van der Waals surface area contributed by atoms with Gasteiger partial charge in [-0.1, -0.05) is 30.3 Å². The lowest BCUT2D eigenvalue weighted by atomic mass is 10.1. The van der Waals surface area contributed by atoms with Gasteiger partial charge in [-0.15, -0.1) is 0 Å². The van der Waals surface area contributed by atoms with E-state index < -0.39 is 5.60 Å². The number of fused-ring (bicyclic) bond motifs is 1. The summed E-state index contributed by atoms with van der Waals surface area (Å²) in [6.45, 7) is 10.5. The van der Waals surface area contributed by atoms with Crippen molar-refractivity contribution in [1.82, 2.24) is 25.3 Å². The molecule has 0 aliphatic rings. The van der Waals surface area contributed by atoms with Crippen LogP contribution >= 0.6 is 11.6 Å². The maximum Gasteiger partial charge on any atom is 0.222 e. The van der Waals surface area contributed by atoms with E-state index in [0.29, 0.717) is 53.4 Å². The summed E-state index contributed by atoms with van der Waals surface area (Å²) < 4.78 is 7.99. The number of nitrogens with zero attached hydrogens (tertiary/aromatic N) is 3. The molecule has 4 aromatic rings. The normalized spacial score (nSPS) is 11.3. The van der Waals surface area contributed by atoms with Crippen LogP contribution < -0.4 is 20.9 Å². The van der Waals surface area contributed by atoms with Crippen molar-refractivity contribution >= 4 is 45.7 Å². The van der Waals surface area contributed by atoms with Crippen molar-refractivity contribution in [3.8, 4) is 11.5 Å². The number of hydroxylamine groups is 1. The van der Waals surface area contributed by atoms with E-state index in [1.165, 1.54) is 6.33 Å². The van der Waals surface area contributed by atoms with E-state index in [9.17, 15) is 9.90 Å². The number of aliphatic hydroxyl groups is 1. The molecule has 4 N–H and O–H groups in total. The lowest BCUT2D eigenvalue weighted by Gasteiger charge is -2.16. The van der Waals surface area contributed by atoms with Crippen molar-refractivity contribution in [2.45, 2.75) is 39.3 Å². The van der Waals surface area contributed by atoms with Crippen molar-refractivity contribution in [2.24, 2.45) is 0 Å². The van der Waals surface area contributed by atoms with Crippen molar-refractivity contribution < 1.29 is 19.5 Å². The molecule has 0 atom stereocenters. The molecule has 0 radical (unpaired) electrons. The molecule has 0 aliphatic heterocycles. The van der Waals surface area contributed by atoms with Gasteiger partial charge >= 0.3 is 0 Å². The number of halogens is 1. The van der Waals surface area contributed by atoms with Gasteiger partial charge in [-0.2, -0.15) is 0 Å². The highest BCUT2D eigenvalue weighted by atomic mass is 35.5. The monoisotopic (exact) mass is 564 g/mol. The summed E-state index contributed by atoms with van der Waals surface area (Å²) in [5.74, 6) is 1.47. The fourth-order valence-electron chi connectivity index (χ4n) is 3.97. The number of hydrogen-bond donors (Lipinski definition) is 4. The molecule has 0 bridgehead atoms. The molecule has 0 fully saturated rings. The Bertz CT molecular complexity index is 1500. The molecule has 2 heterocycles. The van der Waals surface area contributed by atoms with Gasteiger partial charge in [-0.3, -0.25) is 15.1 Å². The SMILES string of the molecule is C=C(NOCC)c1cccc(Oc2ccc(Nc3ncnc4ccn(CCNC(=O)CC(C)(C)O)c34)cc2Cl)c1. The molecule has 210 valence electrons. The fourth-order valence-corrected chi connectivity index (χ4v) is 4.19. The molecule has 0 saturated carbocycles. The van der Waals surface area contributed by atoms with E-state index >= 15 is 0 Å². The molecule has 10 nitrogen and oxygen atoms in total. The Morgan fingerprint density at radius 2 is 2.00 bits per heavy atom. The van der Waals surface area contributed by atoms with Gasteiger partial charge in [0.25, 0.3) is 0 Å². The highest BCUT2D eigenvalue weighted by molar-refractivity contribution is 6.32. The van der Waals surface area contributed by atoms with E-state index in [0.717, 1.165) is 16.6 Å². The minimum atomic E-state index is -1.06. The fraction of sp³-hybridized carbons (Fsp3) is 0.276. The number of hydrogen-bond acceptors (Lipinski definition) is 8. The average Bonchev–Trinajstić information content (AvgIpc) is 3.32. The van der Waals surface area contributed by atoms with E-state index in [1.807, 2.05) is 54.1 Å². The van der Waals surface area contributed by atoms with Crippen LogP contribution in [-0.4, -0.2) is 44.3 Å². The number of aromatic nitrogens is 3. The van der Waals surface area contributed by atoms with Crippen LogP contribution in [0, 0.1) is 0 Å². The second-order valence-electron chi connectivity index (χ2n) is 9.72. The van der Waals surface area contributed by atoms with Crippen LogP contribution in [0.1, 0.15) is 32.8 Å².